The van der Waals surface area contributed by atoms with Crippen LogP contribution in [0.4, 0.5) is 0 Å². The molecule has 0 aliphatic heterocycles. The van der Waals surface area contributed by atoms with Gasteiger partial charge in [0.05, 0.1) is 5.60 Å². The number of nitrogens with one attached hydrogen (secondary N) is 1. The molecule has 1 aromatic rings. The maximum absolute atomic E-state index is 10.5. The molecule has 0 radical (unpaired) electrons. The van der Waals surface area contributed by atoms with Crippen LogP contribution < -0.4 is 5.32 Å². The average Bonchev–Trinajstić information content (AvgIpc) is 2.37. The van der Waals surface area contributed by atoms with Crippen molar-refractivity contribution < 1.29 is 5.11 Å². The molecule has 0 aliphatic rings. The van der Waals surface area contributed by atoms with Crippen LogP contribution in [-0.2, 0) is 5.60 Å². The van der Waals surface area contributed by atoms with Gasteiger partial charge in [-0.15, -0.1) is 6.58 Å². The molecule has 0 fully saturated rings. The van der Waals surface area contributed by atoms with Gasteiger partial charge in [-0.05, 0) is 31.7 Å². The Bertz CT molecular complexity index is 359. The molecule has 18 heavy (non-hydrogen) atoms. The third-order valence-corrected chi connectivity index (χ3v) is 3.56. The lowest BCUT2D eigenvalue weighted by Crippen LogP contribution is -2.42. The van der Waals surface area contributed by atoms with Gasteiger partial charge in [0.15, 0.2) is 0 Å². The quantitative estimate of drug-likeness (QED) is 0.726. The summed E-state index contributed by atoms with van der Waals surface area (Å²) >= 11 is 0. The summed E-state index contributed by atoms with van der Waals surface area (Å²) < 4.78 is 0. The lowest BCUT2D eigenvalue weighted by atomic mass is 9.94. The first-order valence-corrected chi connectivity index (χ1v) is 6.59. The SMILES string of the molecule is C=CCC(C)C(C)NCC(C)(O)c1ccccc1. The summed E-state index contributed by atoms with van der Waals surface area (Å²) in [6.07, 6.45) is 2.93. The molecular formula is C16H25NO. The molecule has 0 aromatic heterocycles. The van der Waals surface area contributed by atoms with Gasteiger partial charge < -0.3 is 10.4 Å². The lowest BCUT2D eigenvalue weighted by Gasteiger charge is -2.28. The number of hydrogen-bond donors (Lipinski definition) is 2. The first-order chi connectivity index (χ1) is 8.47. The monoisotopic (exact) mass is 247 g/mol. The summed E-state index contributed by atoms with van der Waals surface area (Å²) in [5, 5.41) is 13.9. The molecule has 3 unspecified atom stereocenters. The van der Waals surface area contributed by atoms with Crippen LogP contribution in [0.5, 0.6) is 0 Å². The van der Waals surface area contributed by atoms with Crippen molar-refractivity contribution >= 4 is 0 Å². The second kappa shape index (κ2) is 6.72. The zero-order chi connectivity index (χ0) is 13.6. The highest BCUT2D eigenvalue weighted by molar-refractivity contribution is 5.21. The summed E-state index contributed by atoms with van der Waals surface area (Å²) in [6, 6.07) is 10.1. The third-order valence-electron chi connectivity index (χ3n) is 3.56. The van der Waals surface area contributed by atoms with Crippen LogP contribution in [0, 0.1) is 5.92 Å². The molecule has 0 saturated carbocycles. The molecule has 1 rings (SSSR count). The van der Waals surface area contributed by atoms with E-state index in [-0.39, 0.29) is 0 Å². The van der Waals surface area contributed by atoms with Crippen molar-refractivity contribution in [2.75, 3.05) is 6.54 Å². The van der Waals surface area contributed by atoms with Gasteiger partial charge in [0.1, 0.15) is 0 Å². The molecule has 0 bridgehead atoms. The second-order valence-corrected chi connectivity index (χ2v) is 5.31. The van der Waals surface area contributed by atoms with Crippen LogP contribution in [0.3, 0.4) is 0 Å². The molecular weight excluding hydrogens is 222 g/mol. The molecule has 0 aliphatic carbocycles. The number of hydrogen-bond acceptors (Lipinski definition) is 2. The fraction of sp³-hybridized carbons (Fsp3) is 0.500. The minimum Gasteiger partial charge on any atom is -0.384 e. The molecule has 2 nitrogen and oxygen atoms in total. The molecule has 2 N–H and O–H groups in total. The minimum absolute atomic E-state index is 0.359. The highest BCUT2D eigenvalue weighted by atomic mass is 16.3. The molecule has 0 amide bonds. The summed E-state index contributed by atoms with van der Waals surface area (Å²) in [5.74, 6) is 0.522. The fourth-order valence-corrected chi connectivity index (χ4v) is 1.93. The Hall–Kier alpha value is -1.12. The van der Waals surface area contributed by atoms with E-state index < -0.39 is 5.60 Å². The number of benzene rings is 1. The van der Waals surface area contributed by atoms with Gasteiger partial charge in [0, 0.05) is 12.6 Å². The van der Waals surface area contributed by atoms with Gasteiger partial charge in [-0.25, -0.2) is 0 Å². The van der Waals surface area contributed by atoms with Crippen molar-refractivity contribution in [2.45, 2.75) is 38.8 Å². The normalized spacial score (nSPS) is 17.8. The highest BCUT2D eigenvalue weighted by Gasteiger charge is 2.23. The average molecular weight is 247 g/mol. The van der Waals surface area contributed by atoms with Gasteiger partial charge in [0.25, 0.3) is 0 Å². The Morgan fingerprint density at radius 2 is 1.94 bits per heavy atom. The van der Waals surface area contributed by atoms with Crippen molar-refractivity contribution in [3.8, 4) is 0 Å². The standard InChI is InChI=1S/C16H25NO/c1-5-9-13(2)14(3)17-12-16(4,18)15-10-7-6-8-11-15/h5-8,10-11,13-14,17-18H,1,9,12H2,2-4H3. The molecule has 0 saturated heterocycles. The van der Waals surface area contributed by atoms with Gasteiger partial charge in [-0.2, -0.15) is 0 Å². The van der Waals surface area contributed by atoms with Gasteiger partial charge in [-0.1, -0.05) is 43.3 Å². The number of allylic oxidation sites excluding steroid dienone is 1. The fourth-order valence-electron chi connectivity index (χ4n) is 1.93. The first kappa shape index (κ1) is 14.9. The molecule has 2 heteroatoms. The largest absolute Gasteiger partial charge is 0.384 e. The van der Waals surface area contributed by atoms with Crippen LogP contribution in [0.1, 0.15) is 32.8 Å². The van der Waals surface area contributed by atoms with Crippen LogP contribution in [0.15, 0.2) is 43.0 Å². The zero-order valence-electron chi connectivity index (χ0n) is 11.7. The zero-order valence-corrected chi connectivity index (χ0v) is 11.7. The summed E-state index contributed by atoms with van der Waals surface area (Å²) in [6.45, 7) is 10.5. The first-order valence-electron chi connectivity index (χ1n) is 6.59. The molecule has 1 aromatic carbocycles. The van der Waals surface area contributed by atoms with Crippen molar-refractivity contribution in [2.24, 2.45) is 5.92 Å². The van der Waals surface area contributed by atoms with Gasteiger partial charge in [-0.3, -0.25) is 0 Å². The Morgan fingerprint density at radius 1 is 1.33 bits per heavy atom. The second-order valence-electron chi connectivity index (χ2n) is 5.31. The van der Waals surface area contributed by atoms with Crippen LogP contribution in [0.25, 0.3) is 0 Å². The van der Waals surface area contributed by atoms with Crippen molar-refractivity contribution in [3.05, 3.63) is 48.6 Å². The van der Waals surface area contributed by atoms with E-state index in [0.717, 1.165) is 12.0 Å². The Labute approximate surface area is 111 Å². The smallest absolute Gasteiger partial charge is 0.0992 e. The Morgan fingerprint density at radius 3 is 2.50 bits per heavy atom. The Balaban J connectivity index is 2.54. The van der Waals surface area contributed by atoms with E-state index in [0.29, 0.717) is 18.5 Å². The van der Waals surface area contributed by atoms with Crippen LogP contribution in [-0.4, -0.2) is 17.7 Å². The summed E-state index contributed by atoms with van der Waals surface area (Å²) in [7, 11) is 0. The van der Waals surface area contributed by atoms with E-state index in [1.54, 1.807) is 0 Å². The van der Waals surface area contributed by atoms with E-state index in [4.69, 9.17) is 0 Å². The number of rotatable bonds is 7. The molecule has 0 heterocycles. The van der Waals surface area contributed by atoms with E-state index in [1.165, 1.54) is 0 Å². The highest BCUT2D eigenvalue weighted by Crippen LogP contribution is 2.20. The van der Waals surface area contributed by atoms with Crippen LogP contribution >= 0.6 is 0 Å². The van der Waals surface area contributed by atoms with E-state index in [2.05, 4.69) is 25.7 Å². The number of aliphatic hydroxyl groups is 1. The molecule has 3 atom stereocenters. The predicted octanol–water partition coefficient (Wildman–Crippen LogP) is 3.08. The minimum atomic E-state index is -0.830. The van der Waals surface area contributed by atoms with Crippen LogP contribution in [0.2, 0.25) is 0 Å². The van der Waals surface area contributed by atoms with Crippen molar-refractivity contribution in [1.29, 1.82) is 0 Å². The van der Waals surface area contributed by atoms with E-state index in [9.17, 15) is 5.11 Å². The van der Waals surface area contributed by atoms with Gasteiger partial charge in [0.2, 0.25) is 0 Å². The van der Waals surface area contributed by atoms with E-state index >= 15 is 0 Å². The lowest BCUT2D eigenvalue weighted by molar-refractivity contribution is 0.0524. The topological polar surface area (TPSA) is 32.3 Å². The predicted molar refractivity (Wildman–Crippen MR) is 77.5 cm³/mol. The molecule has 0 spiro atoms. The Kier molecular flexibility index (Phi) is 5.57. The summed E-state index contributed by atoms with van der Waals surface area (Å²) in [5.41, 5.74) is 0.115. The maximum atomic E-state index is 10.5. The van der Waals surface area contributed by atoms with Gasteiger partial charge >= 0.3 is 0 Å². The third kappa shape index (κ3) is 4.28. The maximum Gasteiger partial charge on any atom is 0.0992 e. The van der Waals surface area contributed by atoms with E-state index in [1.807, 2.05) is 43.3 Å². The summed E-state index contributed by atoms with van der Waals surface area (Å²) in [4.78, 5) is 0. The van der Waals surface area contributed by atoms with Crippen molar-refractivity contribution in [1.82, 2.24) is 5.32 Å². The van der Waals surface area contributed by atoms with Crippen molar-refractivity contribution in [3.63, 3.8) is 0 Å². The molecule has 100 valence electrons.